The van der Waals surface area contributed by atoms with Crippen LogP contribution in [0.2, 0.25) is 0 Å². The molecule has 2 bridgehead atoms. The summed E-state index contributed by atoms with van der Waals surface area (Å²) >= 11 is 0. The van der Waals surface area contributed by atoms with Crippen molar-refractivity contribution in [3.8, 4) is 0 Å². The molecule has 0 saturated heterocycles. The van der Waals surface area contributed by atoms with Crippen LogP contribution in [-0.4, -0.2) is 11.6 Å². The van der Waals surface area contributed by atoms with Crippen LogP contribution in [0.3, 0.4) is 0 Å². The monoisotopic (exact) mass is 548 g/mol. The second-order valence-corrected chi connectivity index (χ2v) is 12.3. The molecule has 2 nitrogen and oxygen atoms in total. The number of Topliss-reactive ketones (excluding diaryl/α,β-unsaturated/α-hetero) is 2. The molecule has 1 saturated carbocycles. The van der Waals surface area contributed by atoms with Crippen LogP contribution in [-0.2, 0) is 15.0 Å². The number of hydrogen-bond acceptors (Lipinski definition) is 2. The van der Waals surface area contributed by atoms with Gasteiger partial charge in [-0.2, -0.15) is 0 Å². The molecule has 2 heteroatoms. The van der Waals surface area contributed by atoms with Gasteiger partial charge < -0.3 is 0 Å². The van der Waals surface area contributed by atoms with E-state index in [-0.39, 0.29) is 11.6 Å². The lowest BCUT2D eigenvalue weighted by Gasteiger charge is -2.56. The maximum atomic E-state index is 15.7. The zero-order valence-corrected chi connectivity index (χ0v) is 24.8. The number of fused-ring (bicyclic) bond motifs is 5. The van der Waals surface area contributed by atoms with Crippen molar-refractivity contribution in [1.82, 2.24) is 0 Å². The Morgan fingerprint density at radius 3 is 1.43 bits per heavy atom. The summed E-state index contributed by atoms with van der Waals surface area (Å²) in [5, 5.41) is 0. The topological polar surface area (TPSA) is 34.1 Å². The first-order valence-electron chi connectivity index (χ1n) is 15.2. The van der Waals surface area contributed by atoms with E-state index in [9.17, 15) is 0 Å². The Labute approximate surface area is 248 Å². The minimum Gasteiger partial charge on any atom is -0.298 e. The molecule has 0 spiro atoms. The second kappa shape index (κ2) is 9.10. The Morgan fingerprint density at radius 2 is 0.976 bits per heavy atom. The van der Waals surface area contributed by atoms with Crippen molar-refractivity contribution in [3.63, 3.8) is 0 Å². The van der Waals surface area contributed by atoms with Crippen molar-refractivity contribution in [2.24, 2.45) is 16.2 Å². The van der Waals surface area contributed by atoms with E-state index in [1.807, 2.05) is 48.5 Å². The average molecular weight is 549 g/mol. The predicted octanol–water partition coefficient (Wildman–Crippen LogP) is 8.99. The van der Waals surface area contributed by atoms with Crippen molar-refractivity contribution in [2.45, 2.75) is 46.0 Å². The summed E-state index contributed by atoms with van der Waals surface area (Å²) in [5.41, 5.74) is 4.16. The average Bonchev–Trinajstić information content (AvgIpc) is 3.45. The van der Waals surface area contributed by atoms with Crippen LogP contribution in [0.15, 0.2) is 127 Å². The van der Waals surface area contributed by atoms with Gasteiger partial charge in [-0.05, 0) is 65.7 Å². The van der Waals surface area contributed by atoms with Gasteiger partial charge in [-0.25, -0.2) is 0 Å². The summed E-state index contributed by atoms with van der Waals surface area (Å²) in [6, 6.07) is 41.6. The number of hydrogen-bond donors (Lipinski definition) is 0. The number of ketones is 2. The van der Waals surface area contributed by atoms with Crippen LogP contribution in [0.1, 0.15) is 62.8 Å². The van der Waals surface area contributed by atoms with Crippen LogP contribution >= 0.6 is 0 Å². The van der Waals surface area contributed by atoms with Crippen molar-refractivity contribution in [3.05, 3.63) is 149 Å². The van der Waals surface area contributed by atoms with E-state index in [0.29, 0.717) is 12.8 Å². The minimum atomic E-state index is -1.06. The van der Waals surface area contributed by atoms with Crippen molar-refractivity contribution < 1.29 is 9.59 Å². The lowest BCUT2D eigenvalue weighted by Crippen LogP contribution is -2.57. The highest BCUT2D eigenvalue weighted by Crippen LogP contribution is 2.86. The van der Waals surface area contributed by atoms with Gasteiger partial charge in [0.05, 0.1) is 21.7 Å². The number of benzene rings is 4. The Balaban J connectivity index is 1.76. The highest BCUT2D eigenvalue weighted by Gasteiger charge is 2.89. The molecule has 0 aliphatic heterocycles. The second-order valence-electron chi connectivity index (χ2n) is 12.3. The Bertz CT molecular complexity index is 1780. The van der Waals surface area contributed by atoms with Gasteiger partial charge in [0.1, 0.15) is 0 Å². The molecule has 42 heavy (non-hydrogen) atoms. The molecule has 0 radical (unpaired) electrons. The van der Waals surface area contributed by atoms with Gasteiger partial charge in [0.25, 0.3) is 0 Å². The maximum absolute atomic E-state index is 15.7. The Morgan fingerprint density at radius 1 is 0.548 bits per heavy atom. The first kappa shape index (κ1) is 26.6. The molecule has 3 aliphatic carbocycles. The van der Waals surface area contributed by atoms with Crippen molar-refractivity contribution in [2.75, 3.05) is 0 Å². The Kier molecular flexibility index (Phi) is 5.76. The molecule has 3 aliphatic rings. The fraction of sp³-hybridized carbons (Fsp3) is 0.250. The van der Waals surface area contributed by atoms with Crippen LogP contribution in [0.5, 0.6) is 0 Å². The molecule has 0 aromatic heterocycles. The first-order valence-corrected chi connectivity index (χ1v) is 15.2. The van der Waals surface area contributed by atoms with Gasteiger partial charge in [0.15, 0.2) is 11.6 Å². The quantitative estimate of drug-likeness (QED) is 0.241. The van der Waals surface area contributed by atoms with Gasteiger partial charge in [0, 0.05) is 5.57 Å². The molecule has 7 rings (SSSR count). The molecule has 0 amide bonds. The lowest BCUT2D eigenvalue weighted by atomic mass is 9.43. The summed E-state index contributed by atoms with van der Waals surface area (Å²) in [6.07, 6.45) is 1.19. The maximum Gasteiger partial charge on any atom is 0.167 e. The third kappa shape index (κ3) is 2.72. The Hall–Kier alpha value is -4.30. The fourth-order valence-electron chi connectivity index (χ4n) is 9.59. The fourth-order valence-corrected chi connectivity index (χ4v) is 9.59. The molecule has 1 fully saturated rings. The molecule has 0 heterocycles. The standard InChI is InChI=1S/C40H36O2/c1-5-31-32(27-19-11-7-12-20-27)40(30-25-17-10-18-26-30)38(4,35(31)41)37(3)33(28-21-13-8-14-22-28)34(29-23-15-9-16-24-29)39(40,6-2)36(37)42/h7-26H,5-6H2,1-4H3. The molecule has 4 aromatic rings. The molecule has 208 valence electrons. The van der Waals surface area contributed by atoms with Gasteiger partial charge >= 0.3 is 0 Å². The molecule has 4 unspecified atom stereocenters. The highest BCUT2D eigenvalue weighted by atomic mass is 16.1. The number of carbonyl (C=O) groups is 2. The third-order valence-corrected chi connectivity index (χ3v) is 11.1. The summed E-state index contributed by atoms with van der Waals surface area (Å²) in [5.74, 6) is 0.276. The van der Waals surface area contributed by atoms with Crippen LogP contribution in [0.4, 0.5) is 0 Å². The number of rotatable bonds is 6. The van der Waals surface area contributed by atoms with Gasteiger partial charge in [0.2, 0.25) is 0 Å². The molecular formula is C40H36O2. The summed E-state index contributed by atoms with van der Waals surface area (Å²) in [4.78, 5) is 31.0. The highest BCUT2D eigenvalue weighted by molar-refractivity contribution is 6.33. The van der Waals surface area contributed by atoms with E-state index in [2.05, 4.69) is 100 Å². The SMILES string of the molecule is CCC1=C(c2ccccc2)C2(c3ccccc3)C3(CC)C(=O)C(C)(C(c4ccccc4)=C3c3ccccc3)C2(C)C1=O. The minimum absolute atomic E-state index is 0.111. The van der Waals surface area contributed by atoms with E-state index in [1.54, 1.807) is 0 Å². The van der Waals surface area contributed by atoms with E-state index in [4.69, 9.17) is 0 Å². The summed E-state index contributed by atoms with van der Waals surface area (Å²) in [7, 11) is 0. The number of allylic oxidation sites excluding steroid dienone is 4. The van der Waals surface area contributed by atoms with Gasteiger partial charge in [-0.3, -0.25) is 9.59 Å². The zero-order chi connectivity index (χ0) is 29.3. The van der Waals surface area contributed by atoms with Gasteiger partial charge in [-0.15, -0.1) is 0 Å². The smallest absolute Gasteiger partial charge is 0.167 e. The molecule has 4 atom stereocenters. The van der Waals surface area contributed by atoms with Crippen molar-refractivity contribution >= 4 is 28.3 Å². The lowest BCUT2D eigenvalue weighted by molar-refractivity contribution is -0.134. The first-order chi connectivity index (χ1) is 20.4. The third-order valence-electron chi connectivity index (χ3n) is 11.1. The normalized spacial score (nSPS) is 29.9. The predicted molar refractivity (Wildman–Crippen MR) is 170 cm³/mol. The van der Waals surface area contributed by atoms with E-state index >= 15 is 9.59 Å². The zero-order valence-electron chi connectivity index (χ0n) is 24.8. The molecule has 4 aromatic carbocycles. The van der Waals surface area contributed by atoms with Gasteiger partial charge in [-0.1, -0.05) is 135 Å². The summed E-state index contributed by atoms with van der Waals surface area (Å²) < 4.78 is 0. The van der Waals surface area contributed by atoms with Crippen LogP contribution < -0.4 is 0 Å². The molecule has 0 N–H and O–H groups in total. The summed E-state index contributed by atoms with van der Waals surface area (Å²) in [6.45, 7) is 8.45. The van der Waals surface area contributed by atoms with E-state index in [0.717, 1.165) is 44.5 Å². The number of carbonyl (C=O) groups excluding carboxylic acids is 2. The van der Waals surface area contributed by atoms with E-state index in [1.165, 1.54) is 0 Å². The van der Waals surface area contributed by atoms with E-state index < -0.39 is 21.7 Å². The van der Waals surface area contributed by atoms with Crippen LogP contribution in [0.25, 0.3) is 16.7 Å². The largest absolute Gasteiger partial charge is 0.298 e. The van der Waals surface area contributed by atoms with Crippen LogP contribution in [0, 0.1) is 16.2 Å². The molecular weight excluding hydrogens is 512 g/mol. The van der Waals surface area contributed by atoms with Crippen molar-refractivity contribution in [1.29, 1.82) is 0 Å².